The topological polar surface area (TPSA) is 15.7 Å². The van der Waals surface area contributed by atoms with Crippen molar-refractivity contribution in [2.75, 3.05) is 40.3 Å². The summed E-state index contributed by atoms with van der Waals surface area (Å²) >= 11 is 6.06. The molecule has 106 valence electrons. The molecule has 1 heterocycles. The molecule has 0 aromatic heterocycles. The minimum absolute atomic E-state index is 0.685. The fraction of sp³-hybridized carbons (Fsp3) is 0.600. The Morgan fingerprint density at radius 3 is 2.68 bits per heavy atom. The van der Waals surface area contributed by atoms with Crippen molar-refractivity contribution in [3.05, 3.63) is 29.3 Å². The SMILES string of the molecule is CN1CCC(N(C)CCOc2ccccc2Cl)CC1. The van der Waals surface area contributed by atoms with Crippen molar-refractivity contribution in [3.8, 4) is 5.75 Å². The third-order valence-electron chi connectivity index (χ3n) is 3.85. The van der Waals surface area contributed by atoms with Crippen LogP contribution in [0.1, 0.15) is 12.8 Å². The predicted molar refractivity (Wildman–Crippen MR) is 80.1 cm³/mol. The van der Waals surface area contributed by atoms with E-state index < -0.39 is 0 Å². The average Bonchev–Trinajstić information content (AvgIpc) is 2.41. The smallest absolute Gasteiger partial charge is 0.137 e. The number of likely N-dealkylation sites (N-methyl/N-ethyl adjacent to an activating group) is 1. The van der Waals surface area contributed by atoms with Gasteiger partial charge < -0.3 is 9.64 Å². The molecule has 3 nitrogen and oxygen atoms in total. The molecule has 1 aromatic rings. The van der Waals surface area contributed by atoms with Gasteiger partial charge in [0, 0.05) is 12.6 Å². The van der Waals surface area contributed by atoms with Crippen LogP contribution in [-0.4, -0.2) is 56.2 Å². The van der Waals surface area contributed by atoms with E-state index in [-0.39, 0.29) is 0 Å². The molecule has 1 saturated heterocycles. The van der Waals surface area contributed by atoms with Crippen molar-refractivity contribution < 1.29 is 4.74 Å². The van der Waals surface area contributed by atoms with Crippen LogP contribution in [0.4, 0.5) is 0 Å². The monoisotopic (exact) mass is 282 g/mol. The number of halogens is 1. The van der Waals surface area contributed by atoms with Gasteiger partial charge in [-0.3, -0.25) is 4.90 Å². The maximum Gasteiger partial charge on any atom is 0.137 e. The first-order valence-electron chi connectivity index (χ1n) is 6.93. The van der Waals surface area contributed by atoms with Gasteiger partial charge in [0.25, 0.3) is 0 Å². The van der Waals surface area contributed by atoms with Gasteiger partial charge >= 0.3 is 0 Å². The number of ether oxygens (including phenoxy) is 1. The maximum atomic E-state index is 6.06. The lowest BCUT2D eigenvalue weighted by molar-refractivity contribution is 0.127. The third kappa shape index (κ3) is 4.37. The Morgan fingerprint density at radius 1 is 1.32 bits per heavy atom. The Kier molecular flexibility index (Phi) is 5.49. The summed E-state index contributed by atoms with van der Waals surface area (Å²) in [4.78, 5) is 4.80. The number of piperidine rings is 1. The van der Waals surface area contributed by atoms with Crippen LogP contribution in [-0.2, 0) is 0 Å². The van der Waals surface area contributed by atoms with E-state index in [0.717, 1.165) is 12.3 Å². The second kappa shape index (κ2) is 7.13. The lowest BCUT2D eigenvalue weighted by atomic mass is 10.0. The van der Waals surface area contributed by atoms with Gasteiger partial charge in [0.15, 0.2) is 0 Å². The zero-order chi connectivity index (χ0) is 13.7. The van der Waals surface area contributed by atoms with Gasteiger partial charge in [-0.05, 0) is 52.2 Å². The van der Waals surface area contributed by atoms with Gasteiger partial charge in [0.2, 0.25) is 0 Å². The first kappa shape index (κ1) is 14.6. The van der Waals surface area contributed by atoms with Crippen LogP contribution >= 0.6 is 11.6 Å². The van der Waals surface area contributed by atoms with Gasteiger partial charge in [-0.1, -0.05) is 23.7 Å². The number of likely N-dealkylation sites (tertiary alicyclic amines) is 1. The van der Waals surface area contributed by atoms with Crippen molar-refractivity contribution in [1.29, 1.82) is 0 Å². The van der Waals surface area contributed by atoms with E-state index in [9.17, 15) is 0 Å². The molecule has 0 bridgehead atoms. The molecular formula is C15H23ClN2O. The molecule has 4 heteroatoms. The molecule has 19 heavy (non-hydrogen) atoms. The lowest BCUT2D eigenvalue weighted by Gasteiger charge is -2.35. The predicted octanol–water partition coefficient (Wildman–Crippen LogP) is 2.74. The Morgan fingerprint density at radius 2 is 2.00 bits per heavy atom. The van der Waals surface area contributed by atoms with E-state index in [1.54, 1.807) is 0 Å². The van der Waals surface area contributed by atoms with Crippen molar-refractivity contribution in [3.63, 3.8) is 0 Å². The van der Waals surface area contributed by atoms with Crippen molar-refractivity contribution in [2.45, 2.75) is 18.9 Å². The number of rotatable bonds is 5. The largest absolute Gasteiger partial charge is 0.491 e. The number of nitrogens with zero attached hydrogens (tertiary/aromatic N) is 2. The molecule has 1 fully saturated rings. The van der Waals surface area contributed by atoms with Gasteiger partial charge in [0.1, 0.15) is 12.4 Å². The summed E-state index contributed by atoms with van der Waals surface area (Å²) in [5.41, 5.74) is 0. The number of hydrogen-bond donors (Lipinski definition) is 0. The Bertz CT molecular complexity index is 391. The molecule has 0 unspecified atom stereocenters. The molecular weight excluding hydrogens is 260 g/mol. The molecule has 1 aliphatic heterocycles. The summed E-state index contributed by atoms with van der Waals surface area (Å²) in [7, 11) is 4.38. The van der Waals surface area contributed by atoms with Crippen LogP contribution in [0.3, 0.4) is 0 Å². The van der Waals surface area contributed by atoms with E-state index >= 15 is 0 Å². The van der Waals surface area contributed by atoms with Crippen LogP contribution in [0.25, 0.3) is 0 Å². The molecule has 2 rings (SSSR count). The van der Waals surface area contributed by atoms with Crippen LogP contribution < -0.4 is 4.74 Å². The number of benzene rings is 1. The summed E-state index contributed by atoms with van der Waals surface area (Å²) in [6, 6.07) is 8.32. The van der Waals surface area contributed by atoms with Crippen molar-refractivity contribution in [2.24, 2.45) is 0 Å². The van der Waals surface area contributed by atoms with Gasteiger partial charge in [-0.15, -0.1) is 0 Å². The zero-order valence-electron chi connectivity index (χ0n) is 11.8. The van der Waals surface area contributed by atoms with E-state index in [2.05, 4.69) is 23.9 Å². The molecule has 1 aliphatic rings. The van der Waals surface area contributed by atoms with Crippen LogP contribution in [0.2, 0.25) is 5.02 Å². The fourth-order valence-corrected chi connectivity index (χ4v) is 2.67. The maximum absolute atomic E-state index is 6.06. The first-order valence-corrected chi connectivity index (χ1v) is 7.30. The van der Waals surface area contributed by atoms with Crippen LogP contribution in [0, 0.1) is 0 Å². The van der Waals surface area contributed by atoms with Crippen molar-refractivity contribution in [1.82, 2.24) is 9.80 Å². The zero-order valence-corrected chi connectivity index (χ0v) is 12.6. The highest BCUT2D eigenvalue weighted by Gasteiger charge is 2.20. The Balaban J connectivity index is 1.72. The first-order chi connectivity index (χ1) is 9.16. The Hall–Kier alpha value is -0.770. The summed E-state index contributed by atoms with van der Waals surface area (Å²) in [6.07, 6.45) is 2.50. The molecule has 0 spiro atoms. The van der Waals surface area contributed by atoms with Crippen molar-refractivity contribution >= 4 is 11.6 Å². The average molecular weight is 283 g/mol. The van der Waals surface area contributed by atoms with Gasteiger partial charge in [-0.2, -0.15) is 0 Å². The van der Waals surface area contributed by atoms with E-state index in [1.165, 1.54) is 25.9 Å². The molecule has 0 atom stereocenters. The molecule has 1 aromatic carbocycles. The molecule has 0 saturated carbocycles. The minimum Gasteiger partial charge on any atom is -0.491 e. The van der Waals surface area contributed by atoms with Gasteiger partial charge in [0.05, 0.1) is 5.02 Å². The minimum atomic E-state index is 0.685. The van der Waals surface area contributed by atoms with E-state index in [0.29, 0.717) is 17.7 Å². The second-order valence-corrected chi connectivity index (χ2v) is 5.70. The summed E-state index contributed by atoms with van der Waals surface area (Å²) in [5, 5.41) is 0.685. The third-order valence-corrected chi connectivity index (χ3v) is 4.16. The molecule has 0 amide bonds. The molecule has 0 N–H and O–H groups in total. The van der Waals surface area contributed by atoms with Crippen LogP contribution in [0.5, 0.6) is 5.75 Å². The van der Waals surface area contributed by atoms with E-state index in [1.807, 2.05) is 24.3 Å². The summed E-state index contributed by atoms with van der Waals surface area (Å²) in [6.45, 7) is 4.02. The molecule has 0 aliphatic carbocycles. The highest BCUT2D eigenvalue weighted by Crippen LogP contribution is 2.23. The van der Waals surface area contributed by atoms with Gasteiger partial charge in [-0.25, -0.2) is 0 Å². The van der Waals surface area contributed by atoms with E-state index in [4.69, 9.17) is 16.3 Å². The standard InChI is InChI=1S/C15H23ClN2O/c1-17-9-7-13(8-10-17)18(2)11-12-19-15-6-4-3-5-14(15)16/h3-6,13H,7-12H2,1-2H3. The fourth-order valence-electron chi connectivity index (χ4n) is 2.48. The molecule has 0 radical (unpaired) electrons. The lowest BCUT2D eigenvalue weighted by Crippen LogP contribution is -2.43. The summed E-state index contributed by atoms with van der Waals surface area (Å²) in [5.74, 6) is 0.779. The quantitative estimate of drug-likeness (QED) is 0.826. The number of hydrogen-bond acceptors (Lipinski definition) is 3. The highest BCUT2D eigenvalue weighted by molar-refractivity contribution is 6.32. The van der Waals surface area contributed by atoms with Crippen LogP contribution in [0.15, 0.2) is 24.3 Å². The number of para-hydroxylation sites is 1. The second-order valence-electron chi connectivity index (χ2n) is 5.29. The summed E-state index contributed by atoms with van der Waals surface area (Å²) < 4.78 is 5.74. The Labute approximate surface area is 121 Å². The highest BCUT2D eigenvalue weighted by atomic mass is 35.5. The normalized spacial score (nSPS) is 17.9.